The molecule has 0 amide bonds. The van der Waals surface area contributed by atoms with Crippen LogP contribution in [0.3, 0.4) is 0 Å². The van der Waals surface area contributed by atoms with Crippen molar-refractivity contribution in [2.75, 3.05) is 5.75 Å². The molecule has 28 heavy (non-hydrogen) atoms. The SMILES string of the molecule is Cc1ccccc1C1=C(c2cccc(OCc3ccsc3)c2)OS(=O)(=O)CC1. The second-order valence-corrected chi connectivity index (χ2v) is 9.14. The van der Waals surface area contributed by atoms with E-state index in [1.54, 1.807) is 11.3 Å². The smallest absolute Gasteiger partial charge is 0.309 e. The van der Waals surface area contributed by atoms with Crippen molar-refractivity contribution >= 4 is 32.8 Å². The third kappa shape index (κ3) is 4.13. The molecule has 0 unspecified atom stereocenters. The molecule has 2 heterocycles. The predicted octanol–water partition coefficient (Wildman–Crippen LogP) is 5.25. The Morgan fingerprint density at radius 3 is 2.75 bits per heavy atom. The molecule has 0 N–H and O–H groups in total. The van der Waals surface area contributed by atoms with Crippen molar-refractivity contribution in [2.24, 2.45) is 0 Å². The van der Waals surface area contributed by atoms with Gasteiger partial charge in [-0.1, -0.05) is 36.4 Å². The molecule has 0 atom stereocenters. The van der Waals surface area contributed by atoms with E-state index in [1.807, 2.05) is 72.3 Å². The maximum Gasteiger partial charge on any atom is 0.309 e. The minimum atomic E-state index is -3.59. The summed E-state index contributed by atoms with van der Waals surface area (Å²) in [5.41, 5.74) is 4.80. The number of thiophene rings is 1. The van der Waals surface area contributed by atoms with Gasteiger partial charge in [0.2, 0.25) is 0 Å². The number of rotatable bonds is 5. The third-order valence-corrected chi connectivity index (χ3v) is 6.50. The molecule has 0 bridgehead atoms. The standard InChI is InChI=1S/C22H20O4S2/c1-16-5-2-3-8-20(16)21-10-12-28(23,24)26-22(21)18-6-4-7-19(13-18)25-14-17-9-11-27-15-17/h2-9,11,13,15H,10,12,14H2,1H3. The second kappa shape index (κ2) is 7.81. The fourth-order valence-electron chi connectivity index (χ4n) is 3.22. The number of ether oxygens (including phenoxy) is 1. The van der Waals surface area contributed by atoms with Crippen molar-refractivity contribution in [1.82, 2.24) is 0 Å². The van der Waals surface area contributed by atoms with Crippen molar-refractivity contribution in [3.05, 3.63) is 87.6 Å². The van der Waals surface area contributed by atoms with E-state index in [1.165, 1.54) is 0 Å². The first-order valence-corrected chi connectivity index (χ1v) is 11.5. The highest BCUT2D eigenvalue weighted by atomic mass is 32.2. The fourth-order valence-corrected chi connectivity index (χ4v) is 4.86. The average Bonchev–Trinajstić information content (AvgIpc) is 3.20. The number of benzene rings is 2. The van der Waals surface area contributed by atoms with Gasteiger partial charge in [-0.15, -0.1) is 0 Å². The van der Waals surface area contributed by atoms with Crippen LogP contribution in [0, 0.1) is 6.92 Å². The maximum atomic E-state index is 12.2. The Morgan fingerprint density at radius 1 is 1.11 bits per heavy atom. The predicted molar refractivity (Wildman–Crippen MR) is 113 cm³/mol. The van der Waals surface area contributed by atoms with Gasteiger partial charge in [0.1, 0.15) is 12.4 Å². The largest absolute Gasteiger partial charge is 0.489 e. The van der Waals surface area contributed by atoms with Crippen molar-refractivity contribution in [1.29, 1.82) is 0 Å². The topological polar surface area (TPSA) is 52.6 Å². The molecule has 2 aromatic carbocycles. The molecule has 6 heteroatoms. The summed E-state index contributed by atoms with van der Waals surface area (Å²) in [6, 6.07) is 17.4. The number of aryl methyl sites for hydroxylation is 1. The summed E-state index contributed by atoms with van der Waals surface area (Å²) in [6.07, 6.45) is 0.419. The fraction of sp³-hybridized carbons (Fsp3) is 0.182. The quantitative estimate of drug-likeness (QED) is 0.537. The summed E-state index contributed by atoms with van der Waals surface area (Å²) in [5.74, 6) is 1.04. The Kier molecular flexibility index (Phi) is 5.24. The number of hydrogen-bond donors (Lipinski definition) is 0. The second-order valence-electron chi connectivity index (χ2n) is 6.67. The summed E-state index contributed by atoms with van der Waals surface area (Å²) in [7, 11) is -3.59. The normalized spacial score (nSPS) is 15.9. The first-order chi connectivity index (χ1) is 13.5. The lowest BCUT2D eigenvalue weighted by atomic mass is 9.95. The van der Waals surface area contributed by atoms with Gasteiger partial charge in [-0.2, -0.15) is 19.8 Å². The van der Waals surface area contributed by atoms with Crippen LogP contribution in [0.5, 0.6) is 5.75 Å². The van der Waals surface area contributed by atoms with Crippen LogP contribution in [0.1, 0.15) is 28.7 Å². The highest BCUT2D eigenvalue weighted by molar-refractivity contribution is 7.87. The molecular formula is C22H20O4S2. The summed E-state index contributed by atoms with van der Waals surface area (Å²) < 4.78 is 35.7. The van der Waals surface area contributed by atoms with Crippen molar-refractivity contribution in [2.45, 2.75) is 20.0 Å². The van der Waals surface area contributed by atoms with Crippen LogP contribution in [0.25, 0.3) is 11.3 Å². The zero-order valence-corrected chi connectivity index (χ0v) is 17.1. The first kappa shape index (κ1) is 18.8. The Balaban J connectivity index is 1.73. The molecule has 3 aromatic rings. The molecule has 144 valence electrons. The Hall–Kier alpha value is -2.57. The van der Waals surface area contributed by atoms with Crippen LogP contribution in [-0.4, -0.2) is 14.2 Å². The average molecular weight is 413 g/mol. The van der Waals surface area contributed by atoms with Gasteiger partial charge in [-0.05, 0) is 59.0 Å². The molecule has 4 rings (SSSR count). The highest BCUT2D eigenvalue weighted by Crippen LogP contribution is 2.37. The van der Waals surface area contributed by atoms with E-state index < -0.39 is 10.1 Å². The van der Waals surface area contributed by atoms with E-state index in [9.17, 15) is 8.42 Å². The lowest BCUT2D eigenvalue weighted by Gasteiger charge is -2.23. The molecule has 0 spiro atoms. The van der Waals surface area contributed by atoms with E-state index in [0.29, 0.717) is 30.1 Å². The summed E-state index contributed by atoms with van der Waals surface area (Å²) >= 11 is 1.63. The van der Waals surface area contributed by atoms with Gasteiger partial charge in [-0.25, -0.2) is 0 Å². The van der Waals surface area contributed by atoms with Crippen molar-refractivity contribution in [3.8, 4) is 5.75 Å². The van der Waals surface area contributed by atoms with Crippen LogP contribution < -0.4 is 4.74 Å². The molecule has 1 aromatic heterocycles. The monoisotopic (exact) mass is 412 g/mol. The summed E-state index contributed by atoms with van der Waals surface area (Å²) in [6.45, 7) is 2.49. The van der Waals surface area contributed by atoms with Crippen LogP contribution in [0.15, 0.2) is 65.4 Å². The Bertz CT molecular complexity index is 1110. The minimum Gasteiger partial charge on any atom is -0.489 e. The van der Waals surface area contributed by atoms with Gasteiger partial charge in [0.15, 0.2) is 5.76 Å². The first-order valence-electron chi connectivity index (χ1n) is 8.97. The lowest BCUT2D eigenvalue weighted by Crippen LogP contribution is -2.17. The molecule has 1 aliphatic heterocycles. The van der Waals surface area contributed by atoms with Gasteiger partial charge in [0.25, 0.3) is 0 Å². The molecular weight excluding hydrogens is 392 g/mol. The lowest BCUT2D eigenvalue weighted by molar-refractivity contribution is 0.306. The Morgan fingerprint density at radius 2 is 1.96 bits per heavy atom. The molecule has 4 nitrogen and oxygen atoms in total. The minimum absolute atomic E-state index is 0.0193. The van der Waals surface area contributed by atoms with Gasteiger partial charge in [0.05, 0.1) is 5.75 Å². The molecule has 0 saturated carbocycles. The molecule has 0 radical (unpaired) electrons. The van der Waals surface area contributed by atoms with E-state index in [0.717, 1.165) is 22.3 Å². The zero-order valence-electron chi connectivity index (χ0n) is 15.4. The van der Waals surface area contributed by atoms with E-state index >= 15 is 0 Å². The van der Waals surface area contributed by atoms with Gasteiger partial charge in [0, 0.05) is 11.1 Å². The van der Waals surface area contributed by atoms with Gasteiger partial charge in [-0.3, -0.25) is 0 Å². The zero-order chi connectivity index (χ0) is 19.6. The third-order valence-electron chi connectivity index (χ3n) is 4.64. The summed E-state index contributed by atoms with van der Waals surface area (Å²) in [4.78, 5) is 0. The van der Waals surface area contributed by atoms with Crippen LogP contribution in [0.4, 0.5) is 0 Å². The number of hydrogen-bond acceptors (Lipinski definition) is 5. The van der Waals surface area contributed by atoms with Crippen LogP contribution in [0.2, 0.25) is 0 Å². The summed E-state index contributed by atoms with van der Waals surface area (Å²) in [5, 5.41) is 4.05. The van der Waals surface area contributed by atoms with Crippen molar-refractivity contribution in [3.63, 3.8) is 0 Å². The van der Waals surface area contributed by atoms with Crippen LogP contribution >= 0.6 is 11.3 Å². The molecule has 0 fully saturated rings. The molecule has 0 aliphatic carbocycles. The molecule has 1 aliphatic rings. The van der Waals surface area contributed by atoms with Crippen LogP contribution in [-0.2, 0) is 20.9 Å². The van der Waals surface area contributed by atoms with Gasteiger partial charge >= 0.3 is 10.1 Å². The highest BCUT2D eigenvalue weighted by Gasteiger charge is 2.27. The van der Waals surface area contributed by atoms with E-state index in [2.05, 4.69) is 0 Å². The molecule has 0 saturated heterocycles. The van der Waals surface area contributed by atoms with Gasteiger partial charge < -0.3 is 8.92 Å². The maximum absolute atomic E-state index is 12.2. The number of allylic oxidation sites excluding steroid dienone is 1. The van der Waals surface area contributed by atoms with E-state index in [-0.39, 0.29) is 5.75 Å². The Labute approximate surface area is 169 Å². The van der Waals surface area contributed by atoms with E-state index in [4.69, 9.17) is 8.92 Å². The van der Waals surface area contributed by atoms with Crippen molar-refractivity contribution < 1.29 is 17.3 Å².